The highest BCUT2D eigenvalue weighted by Crippen LogP contribution is 2.22. The highest BCUT2D eigenvalue weighted by atomic mass is 32.2. The van der Waals surface area contributed by atoms with Crippen LogP contribution in [-0.2, 0) is 11.8 Å². The number of hydrazone groups is 1. The molecule has 0 aliphatic heterocycles. The lowest BCUT2D eigenvalue weighted by atomic mass is 10.2. The van der Waals surface area contributed by atoms with Crippen LogP contribution in [-0.4, -0.2) is 27.4 Å². The molecule has 1 aromatic heterocycles. The van der Waals surface area contributed by atoms with E-state index in [4.69, 9.17) is 0 Å². The van der Waals surface area contributed by atoms with Crippen molar-refractivity contribution in [3.05, 3.63) is 59.9 Å². The topological polar surface area (TPSA) is 59.3 Å². The molecule has 0 spiro atoms. The molecule has 122 valence electrons. The number of nitrogens with one attached hydrogen (secondary N) is 1. The molecule has 0 aliphatic rings. The third kappa shape index (κ3) is 3.80. The summed E-state index contributed by atoms with van der Waals surface area (Å²) in [4.78, 5) is 16.3. The van der Waals surface area contributed by atoms with Gasteiger partial charge in [-0.05, 0) is 29.8 Å². The summed E-state index contributed by atoms with van der Waals surface area (Å²) in [5.41, 5.74) is 4.92. The molecule has 0 aliphatic carbocycles. The number of carbonyl (C=O) groups is 1. The van der Waals surface area contributed by atoms with Gasteiger partial charge in [0.05, 0.1) is 23.0 Å². The number of amides is 1. The quantitative estimate of drug-likeness (QED) is 0.441. The molecule has 0 radical (unpaired) electrons. The van der Waals surface area contributed by atoms with Gasteiger partial charge in [0.15, 0.2) is 5.16 Å². The predicted molar refractivity (Wildman–Crippen MR) is 93.6 cm³/mol. The standard InChI is InChI=1S/C17H15FN4OS/c1-22-15-8-3-2-7-14(15)20-17(22)24-11-16(23)21-19-10-12-5-4-6-13(18)9-12/h2-10H,11H2,1H3,(H,21,23)/b19-10+. The monoisotopic (exact) mass is 342 g/mol. The summed E-state index contributed by atoms with van der Waals surface area (Å²) >= 11 is 1.34. The van der Waals surface area contributed by atoms with Crippen molar-refractivity contribution in [2.75, 3.05) is 5.75 Å². The molecule has 1 amide bonds. The third-order valence-electron chi connectivity index (χ3n) is 3.33. The Morgan fingerprint density at radius 1 is 1.33 bits per heavy atom. The van der Waals surface area contributed by atoms with E-state index in [2.05, 4.69) is 15.5 Å². The molecule has 0 saturated heterocycles. The molecule has 0 bridgehead atoms. The molecule has 7 heteroatoms. The van der Waals surface area contributed by atoms with Crippen LogP contribution in [0, 0.1) is 5.82 Å². The fraction of sp³-hybridized carbons (Fsp3) is 0.118. The first kappa shape index (κ1) is 16.2. The summed E-state index contributed by atoms with van der Waals surface area (Å²) in [6.07, 6.45) is 1.40. The number of nitrogens with zero attached hydrogens (tertiary/aromatic N) is 3. The van der Waals surface area contributed by atoms with E-state index in [0.717, 1.165) is 16.2 Å². The molecule has 0 atom stereocenters. The molecule has 1 heterocycles. The van der Waals surface area contributed by atoms with Crippen LogP contribution in [0.5, 0.6) is 0 Å². The van der Waals surface area contributed by atoms with Gasteiger partial charge >= 0.3 is 0 Å². The zero-order valence-electron chi connectivity index (χ0n) is 12.9. The van der Waals surface area contributed by atoms with Crippen LogP contribution in [0.25, 0.3) is 11.0 Å². The van der Waals surface area contributed by atoms with Crippen LogP contribution in [0.1, 0.15) is 5.56 Å². The van der Waals surface area contributed by atoms with Gasteiger partial charge < -0.3 is 4.57 Å². The Labute approximate surface area is 142 Å². The zero-order chi connectivity index (χ0) is 16.9. The van der Waals surface area contributed by atoms with Gasteiger partial charge in [0.1, 0.15) is 5.82 Å². The minimum Gasteiger partial charge on any atom is -0.322 e. The van der Waals surface area contributed by atoms with Gasteiger partial charge in [-0.3, -0.25) is 4.79 Å². The molecule has 3 aromatic rings. The second-order valence-electron chi connectivity index (χ2n) is 5.08. The largest absolute Gasteiger partial charge is 0.322 e. The molecule has 0 fully saturated rings. The maximum Gasteiger partial charge on any atom is 0.250 e. The average molecular weight is 342 g/mol. The lowest BCUT2D eigenvalue weighted by Gasteiger charge is -2.01. The number of aromatic nitrogens is 2. The van der Waals surface area contributed by atoms with Crippen LogP contribution < -0.4 is 5.43 Å². The van der Waals surface area contributed by atoms with Gasteiger partial charge in [-0.2, -0.15) is 5.10 Å². The Bertz CT molecular complexity index is 906. The molecule has 0 saturated carbocycles. The molecule has 2 aromatic carbocycles. The van der Waals surface area contributed by atoms with Crippen LogP contribution in [0.15, 0.2) is 58.8 Å². The number of benzene rings is 2. The number of hydrogen-bond donors (Lipinski definition) is 1. The van der Waals surface area contributed by atoms with Gasteiger partial charge in [0.2, 0.25) is 0 Å². The van der Waals surface area contributed by atoms with Gasteiger partial charge in [0.25, 0.3) is 5.91 Å². The van der Waals surface area contributed by atoms with Crippen molar-refractivity contribution in [2.45, 2.75) is 5.16 Å². The fourth-order valence-corrected chi connectivity index (χ4v) is 2.96. The summed E-state index contributed by atoms with van der Waals surface area (Å²) in [5, 5.41) is 4.59. The number of carbonyl (C=O) groups excluding carboxylic acids is 1. The van der Waals surface area contributed by atoms with E-state index in [1.54, 1.807) is 12.1 Å². The highest BCUT2D eigenvalue weighted by molar-refractivity contribution is 7.99. The van der Waals surface area contributed by atoms with E-state index < -0.39 is 0 Å². The molecule has 0 unspecified atom stereocenters. The Hall–Kier alpha value is -2.67. The van der Waals surface area contributed by atoms with Crippen LogP contribution in [0.3, 0.4) is 0 Å². The first-order valence-electron chi connectivity index (χ1n) is 7.25. The van der Waals surface area contributed by atoms with Gasteiger partial charge in [-0.25, -0.2) is 14.8 Å². The van der Waals surface area contributed by atoms with Crippen molar-refractivity contribution in [3.8, 4) is 0 Å². The SMILES string of the molecule is Cn1c(SCC(=O)N/N=C/c2cccc(F)c2)nc2ccccc21. The van der Waals surface area contributed by atoms with Gasteiger partial charge in [-0.1, -0.05) is 36.0 Å². The van der Waals surface area contributed by atoms with E-state index in [0.29, 0.717) is 5.56 Å². The minimum absolute atomic E-state index is 0.192. The molecule has 3 rings (SSSR count). The summed E-state index contributed by atoms with van der Waals surface area (Å²) in [6.45, 7) is 0. The number of halogens is 1. The number of thioether (sulfide) groups is 1. The molecule has 1 N–H and O–H groups in total. The number of para-hydroxylation sites is 2. The van der Waals surface area contributed by atoms with Gasteiger partial charge in [0, 0.05) is 7.05 Å². The van der Waals surface area contributed by atoms with Crippen molar-refractivity contribution in [1.82, 2.24) is 15.0 Å². The van der Waals surface area contributed by atoms with E-state index >= 15 is 0 Å². The van der Waals surface area contributed by atoms with Crippen LogP contribution in [0.4, 0.5) is 4.39 Å². The number of imidazole rings is 1. The smallest absolute Gasteiger partial charge is 0.250 e. The van der Waals surface area contributed by atoms with E-state index in [-0.39, 0.29) is 17.5 Å². The summed E-state index contributed by atoms with van der Waals surface area (Å²) in [6, 6.07) is 13.8. The van der Waals surface area contributed by atoms with Gasteiger partial charge in [-0.15, -0.1) is 0 Å². The first-order chi connectivity index (χ1) is 11.6. The number of fused-ring (bicyclic) bond motifs is 1. The maximum absolute atomic E-state index is 13.0. The number of hydrogen-bond acceptors (Lipinski definition) is 4. The van der Waals surface area contributed by atoms with Crippen LogP contribution in [0.2, 0.25) is 0 Å². The second kappa shape index (κ2) is 7.27. The van der Waals surface area contributed by atoms with Crippen molar-refractivity contribution >= 4 is 34.9 Å². The van der Waals surface area contributed by atoms with Crippen molar-refractivity contribution in [3.63, 3.8) is 0 Å². The molecule has 5 nitrogen and oxygen atoms in total. The molecular weight excluding hydrogens is 327 g/mol. The lowest BCUT2D eigenvalue weighted by molar-refractivity contribution is -0.118. The Kier molecular flexibility index (Phi) is 4.90. The van der Waals surface area contributed by atoms with E-state index in [1.807, 2.05) is 35.9 Å². The number of rotatable bonds is 5. The lowest BCUT2D eigenvalue weighted by Crippen LogP contribution is -2.19. The minimum atomic E-state index is -0.345. The van der Waals surface area contributed by atoms with Crippen molar-refractivity contribution in [2.24, 2.45) is 12.1 Å². The second-order valence-corrected chi connectivity index (χ2v) is 6.02. The van der Waals surface area contributed by atoms with Crippen molar-refractivity contribution in [1.29, 1.82) is 0 Å². The Morgan fingerprint density at radius 2 is 2.17 bits per heavy atom. The predicted octanol–water partition coefficient (Wildman–Crippen LogP) is 2.95. The first-order valence-corrected chi connectivity index (χ1v) is 8.24. The van der Waals surface area contributed by atoms with E-state index in [1.165, 1.54) is 30.1 Å². The maximum atomic E-state index is 13.0. The average Bonchev–Trinajstić information content (AvgIpc) is 2.90. The van der Waals surface area contributed by atoms with E-state index in [9.17, 15) is 9.18 Å². The fourth-order valence-electron chi connectivity index (χ4n) is 2.18. The molecule has 24 heavy (non-hydrogen) atoms. The third-order valence-corrected chi connectivity index (χ3v) is 4.36. The zero-order valence-corrected chi connectivity index (χ0v) is 13.8. The van der Waals surface area contributed by atoms with Crippen molar-refractivity contribution < 1.29 is 9.18 Å². The summed E-state index contributed by atoms with van der Waals surface area (Å²) in [7, 11) is 1.91. The highest BCUT2D eigenvalue weighted by Gasteiger charge is 2.09. The normalized spacial score (nSPS) is 11.2. The summed E-state index contributed by atoms with van der Waals surface area (Å²) in [5.74, 6) is -0.403. The Balaban J connectivity index is 1.56. The van der Waals surface area contributed by atoms with Crippen LogP contribution >= 0.6 is 11.8 Å². The number of aryl methyl sites for hydroxylation is 1. The Morgan fingerprint density at radius 3 is 2.96 bits per heavy atom. The molecular formula is C17H15FN4OS. The summed E-state index contributed by atoms with van der Waals surface area (Å²) < 4.78 is 15.0.